The van der Waals surface area contributed by atoms with Gasteiger partial charge in [-0.05, 0) is 12.1 Å². The summed E-state index contributed by atoms with van der Waals surface area (Å²) in [7, 11) is 0. The van der Waals surface area contributed by atoms with Crippen molar-refractivity contribution in [2.24, 2.45) is 0 Å². The van der Waals surface area contributed by atoms with Crippen molar-refractivity contribution >= 4 is 34.8 Å². The molecule has 3 nitrogen and oxygen atoms in total. The lowest BCUT2D eigenvalue weighted by atomic mass is 10.3. The molecule has 1 amide bonds. The van der Waals surface area contributed by atoms with E-state index in [1.54, 1.807) is 18.2 Å². The molecule has 1 rings (SSSR count). The zero-order valence-corrected chi connectivity index (χ0v) is 8.06. The standard InChI is InChI=1S/C8H7Cl2NO2/c9-5-2-1-3-6(8(5)10)11-7(13)4-12/h1-3,12H,4H2,(H,11,13). The van der Waals surface area contributed by atoms with Crippen molar-refractivity contribution in [3.63, 3.8) is 0 Å². The number of anilines is 1. The molecule has 13 heavy (non-hydrogen) atoms. The Bertz CT molecular complexity index is 328. The van der Waals surface area contributed by atoms with Crippen molar-refractivity contribution in [1.29, 1.82) is 0 Å². The summed E-state index contributed by atoms with van der Waals surface area (Å²) in [6, 6.07) is 4.86. The molecule has 0 spiro atoms. The Labute approximate surface area is 85.3 Å². The molecule has 0 aromatic heterocycles. The van der Waals surface area contributed by atoms with Gasteiger partial charge in [0.2, 0.25) is 5.91 Å². The molecule has 0 bridgehead atoms. The van der Waals surface area contributed by atoms with Crippen LogP contribution >= 0.6 is 23.2 Å². The smallest absolute Gasteiger partial charge is 0.250 e. The summed E-state index contributed by atoms with van der Waals surface area (Å²) >= 11 is 11.5. The van der Waals surface area contributed by atoms with E-state index in [0.29, 0.717) is 10.7 Å². The number of amides is 1. The fraction of sp³-hybridized carbons (Fsp3) is 0.125. The van der Waals surface area contributed by atoms with Gasteiger partial charge in [0, 0.05) is 0 Å². The van der Waals surface area contributed by atoms with Crippen LogP contribution in [0, 0.1) is 0 Å². The molecule has 70 valence electrons. The molecular weight excluding hydrogens is 213 g/mol. The average Bonchev–Trinajstić information content (AvgIpc) is 2.13. The Balaban J connectivity index is 2.89. The van der Waals surface area contributed by atoms with Gasteiger partial charge < -0.3 is 10.4 Å². The van der Waals surface area contributed by atoms with E-state index in [2.05, 4.69) is 5.32 Å². The van der Waals surface area contributed by atoms with E-state index >= 15 is 0 Å². The number of hydrogen-bond acceptors (Lipinski definition) is 2. The monoisotopic (exact) mass is 219 g/mol. The van der Waals surface area contributed by atoms with Crippen LogP contribution in [0.1, 0.15) is 0 Å². The molecule has 1 aromatic carbocycles. The molecule has 0 atom stereocenters. The third-order valence-electron chi connectivity index (χ3n) is 1.37. The highest BCUT2D eigenvalue weighted by molar-refractivity contribution is 6.43. The molecule has 0 saturated heterocycles. The van der Waals surface area contributed by atoms with Gasteiger partial charge in [-0.2, -0.15) is 0 Å². The van der Waals surface area contributed by atoms with Crippen molar-refractivity contribution in [3.05, 3.63) is 28.2 Å². The fourth-order valence-electron chi connectivity index (χ4n) is 0.790. The van der Waals surface area contributed by atoms with Gasteiger partial charge in [-0.15, -0.1) is 0 Å². The van der Waals surface area contributed by atoms with Crippen LogP contribution in [0.3, 0.4) is 0 Å². The number of carbonyl (C=O) groups excluding carboxylic acids is 1. The summed E-state index contributed by atoms with van der Waals surface area (Å²) in [5.74, 6) is -0.524. The Hall–Kier alpha value is -0.770. The van der Waals surface area contributed by atoms with Crippen LogP contribution in [0.15, 0.2) is 18.2 Å². The molecule has 0 saturated carbocycles. The minimum atomic E-state index is -0.581. The van der Waals surface area contributed by atoms with Crippen molar-refractivity contribution < 1.29 is 9.90 Å². The van der Waals surface area contributed by atoms with E-state index in [1.807, 2.05) is 0 Å². The topological polar surface area (TPSA) is 49.3 Å². The molecule has 5 heteroatoms. The third kappa shape index (κ3) is 2.59. The summed E-state index contributed by atoms with van der Waals surface area (Å²) < 4.78 is 0. The van der Waals surface area contributed by atoms with Crippen LogP contribution in [-0.4, -0.2) is 17.6 Å². The van der Waals surface area contributed by atoms with Crippen LogP contribution in [0.2, 0.25) is 10.0 Å². The van der Waals surface area contributed by atoms with Gasteiger partial charge in [0.25, 0.3) is 0 Å². The molecule has 2 N–H and O–H groups in total. The molecule has 0 fully saturated rings. The zero-order valence-electron chi connectivity index (χ0n) is 6.55. The number of halogens is 2. The van der Waals surface area contributed by atoms with E-state index in [4.69, 9.17) is 28.3 Å². The first-order valence-corrected chi connectivity index (χ1v) is 4.25. The number of aliphatic hydroxyl groups is 1. The highest BCUT2D eigenvalue weighted by Gasteiger charge is 2.06. The van der Waals surface area contributed by atoms with Gasteiger partial charge in [-0.3, -0.25) is 4.79 Å². The number of carbonyl (C=O) groups is 1. The molecule has 0 heterocycles. The zero-order chi connectivity index (χ0) is 9.84. The SMILES string of the molecule is O=C(CO)Nc1cccc(Cl)c1Cl. The predicted octanol–water partition coefficient (Wildman–Crippen LogP) is 1.92. The van der Waals surface area contributed by atoms with E-state index in [-0.39, 0.29) is 5.02 Å². The molecule has 0 aliphatic heterocycles. The van der Waals surface area contributed by atoms with Crippen molar-refractivity contribution in [2.75, 3.05) is 11.9 Å². The first-order chi connectivity index (χ1) is 6.15. The van der Waals surface area contributed by atoms with Crippen molar-refractivity contribution in [1.82, 2.24) is 0 Å². The normalized spacial score (nSPS) is 9.77. The minimum Gasteiger partial charge on any atom is -0.387 e. The lowest BCUT2D eigenvalue weighted by molar-refractivity contribution is -0.118. The number of rotatable bonds is 2. The highest BCUT2D eigenvalue weighted by Crippen LogP contribution is 2.29. The maximum Gasteiger partial charge on any atom is 0.250 e. The maximum absolute atomic E-state index is 10.8. The van der Waals surface area contributed by atoms with Crippen LogP contribution in [-0.2, 0) is 4.79 Å². The molecule has 1 aromatic rings. The highest BCUT2D eigenvalue weighted by atomic mass is 35.5. The Morgan fingerprint density at radius 3 is 2.77 bits per heavy atom. The molecule has 0 radical (unpaired) electrons. The van der Waals surface area contributed by atoms with Gasteiger partial charge in [0.1, 0.15) is 6.61 Å². The maximum atomic E-state index is 10.8. The van der Waals surface area contributed by atoms with Crippen molar-refractivity contribution in [2.45, 2.75) is 0 Å². The second-order valence-electron chi connectivity index (χ2n) is 2.31. The lowest BCUT2D eigenvalue weighted by Crippen LogP contribution is -2.15. The molecular formula is C8H7Cl2NO2. The van der Waals surface area contributed by atoms with Gasteiger partial charge in [0.15, 0.2) is 0 Å². The fourth-order valence-corrected chi connectivity index (χ4v) is 1.14. The minimum absolute atomic E-state index is 0.269. The first-order valence-electron chi connectivity index (χ1n) is 3.50. The largest absolute Gasteiger partial charge is 0.387 e. The Morgan fingerprint density at radius 2 is 2.15 bits per heavy atom. The van der Waals surface area contributed by atoms with Crippen LogP contribution in [0.5, 0.6) is 0 Å². The van der Waals surface area contributed by atoms with Gasteiger partial charge in [-0.1, -0.05) is 29.3 Å². The predicted molar refractivity (Wildman–Crippen MR) is 52.2 cm³/mol. The summed E-state index contributed by atoms with van der Waals surface area (Å²) in [6.07, 6.45) is 0. The van der Waals surface area contributed by atoms with Gasteiger partial charge >= 0.3 is 0 Å². The van der Waals surface area contributed by atoms with Crippen LogP contribution in [0.25, 0.3) is 0 Å². The number of nitrogens with one attached hydrogen (secondary N) is 1. The second-order valence-corrected chi connectivity index (χ2v) is 3.09. The number of hydrogen-bond donors (Lipinski definition) is 2. The number of benzene rings is 1. The Morgan fingerprint density at radius 1 is 1.46 bits per heavy atom. The lowest BCUT2D eigenvalue weighted by Gasteiger charge is -2.05. The Kier molecular flexibility index (Phi) is 3.54. The second kappa shape index (κ2) is 4.46. The summed E-state index contributed by atoms with van der Waals surface area (Å²) in [5, 5.41) is 11.5. The molecule has 0 aliphatic rings. The van der Waals surface area contributed by atoms with Gasteiger partial charge in [0.05, 0.1) is 15.7 Å². The van der Waals surface area contributed by atoms with Crippen molar-refractivity contribution in [3.8, 4) is 0 Å². The summed E-state index contributed by atoms with van der Waals surface area (Å²) in [4.78, 5) is 10.8. The van der Waals surface area contributed by atoms with Gasteiger partial charge in [-0.25, -0.2) is 0 Å². The molecule has 0 aliphatic carbocycles. The molecule has 0 unspecified atom stereocenters. The van der Waals surface area contributed by atoms with Crippen LogP contribution in [0.4, 0.5) is 5.69 Å². The third-order valence-corrected chi connectivity index (χ3v) is 2.19. The van der Waals surface area contributed by atoms with Crippen LogP contribution < -0.4 is 5.32 Å². The quantitative estimate of drug-likeness (QED) is 0.799. The summed E-state index contributed by atoms with van der Waals surface area (Å²) in [6.45, 7) is -0.581. The summed E-state index contributed by atoms with van der Waals surface area (Å²) in [5.41, 5.74) is 0.396. The van der Waals surface area contributed by atoms with E-state index < -0.39 is 12.5 Å². The first kappa shape index (κ1) is 10.3. The van der Waals surface area contributed by atoms with E-state index in [9.17, 15) is 4.79 Å². The van der Waals surface area contributed by atoms with E-state index in [0.717, 1.165) is 0 Å². The number of aliphatic hydroxyl groups excluding tert-OH is 1. The average molecular weight is 220 g/mol. The van der Waals surface area contributed by atoms with E-state index in [1.165, 1.54) is 0 Å².